The Morgan fingerprint density at radius 3 is 2.33 bits per heavy atom. The summed E-state index contributed by atoms with van der Waals surface area (Å²) >= 11 is 0. The maximum atomic E-state index is 4.64. The number of benzene rings is 2. The van der Waals surface area contributed by atoms with Crippen LogP contribution in [0.15, 0.2) is 73.1 Å². The van der Waals surface area contributed by atoms with E-state index in [-0.39, 0.29) is 0 Å². The van der Waals surface area contributed by atoms with Crippen LogP contribution in [0.4, 0.5) is 0 Å². The van der Waals surface area contributed by atoms with Gasteiger partial charge < -0.3 is 4.57 Å². The van der Waals surface area contributed by atoms with Gasteiger partial charge in [0, 0.05) is 25.4 Å². The number of rotatable bonds is 8. The van der Waals surface area contributed by atoms with Gasteiger partial charge in [-0.3, -0.25) is 0 Å². The summed E-state index contributed by atoms with van der Waals surface area (Å²) < 4.78 is 2.32. The quantitative estimate of drug-likeness (QED) is 0.554. The fourth-order valence-electron chi connectivity index (χ4n) is 3.21. The number of hydrogen-bond donors (Lipinski definition) is 0. The lowest BCUT2D eigenvalue weighted by atomic mass is 9.89. The molecule has 1 unspecified atom stereocenters. The van der Waals surface area contributed by atoms with Gasteiger partial charge in [0.1, 0.15) is 5.82 Å². The summed E-state index contributed by atoms with van der Waals surface area (Å²) in [5.41, 5.74) is 2.78. The second-order valence-electron chi connectivity index (χ2n) is 6.39. The number of imidazole rings is 1. The molecule has 1 heterocycles. The predicted molar refractivity (Wildman–Crippen MR) is 100 cm³/mol. The molecule has 0 aliphatic carbocycles. The Morgan fingerprint density at radius 2 is 1.62 bits per heavy atom. The molecule has 0 saturated heterocycles. The van der Waals surface area contributed by atoms with Crippen LogP contribution in [0.2, 0.25) is 0 Å². The van der Waals surface area contributed by atoms with Crippen LogP contribution in [0.3, 0.4) is 0 Å². The third-order valence-corrected chi connectivity index (χ3v) is 4.58. The number of hydrogen-bond acceptors (Lipinski definition) is 1. The number of aromatic nitrogens is 2. The lowest BCUT2D eigenvalue weighted by molar-refractivity contribution is 0.569. The second-order valence-corrected chi connectivity index (χ2v) is 6.39. The third kappa shape index (κ3) is 4.35. The molecule has 0 aliphatic rings. The van der Waals surface area contributed by atoms with Crippen molar-refractivity contribution in [2.24, 2.45) is 0 Å². The van der Waals surface area contributed by atoms with E-state index in [1.807, 2.05) is 6.20 Å². The largest absolute Gasteiger partial charge is 0.335 e. The van der Waals surface area contributed by atoms with Gasteiger partial charge in [0.2, 0.25) is 0 Å². The molecule has 0 aliphatic heterocycles. The summed E-state index contributed by atoms with van der Waals surface area (Å²) in [5.74, 6) is 1.66. The van der Waals surface area contributed by atoms with Crippen LogP contribution >= 0.6 is 0 Å². The van der Waals surface area contributed by atoms with E-state index in [4.69, 9.17) is 0 Å². The first-order chi connectivity index (χ1) is 11.9. The first kappa shape index (κ1) is 16.5. The highest BCUT2D eigenvalue weighted by molar-refractivity contribution is 5.25. The molecule has 124 valence electrons. The molecule has 0 bridgehead atoms. The molecule has 0 spiro atoms. The van der Waals surface area contributed by atoms with Gasteiger partial charge in [-0.2, -0.15) is 0 Å². The summed E-state index contributed by atoms with van der Waals surface area (Å²) in [7, 11) is 0. The molecular formula is C22H26N2. The Labute approximate surface area is 145 Å². The molecule has 0 radical (unpaired) electrons. The zero-order valence-electron chi connectivity index (χ0n) is 14.4. The minimum atomic E-state index is 0.455. The molecule has 1 aromatic heterocycles. The van der Waals surface area contributed by atoms with Crippen LogP contribution in [-0.4, -0.2) is 9.55 Å². The average molecular weight is 318 g/mol. The predicted octanol–water partition coefficient (Wildman–Crippen LogP) is 5.25. The van der Waals surface area contributed by atoms with E-state index in [1.54, 1.807) is 0 Å². The highest BCUT2D eigenvalue weighted by Gasteiger charge is 2.16. The Bertz CT molecular complexity index is 716. The van der Waals surface area contributed by atoms with Crippen molar-refractivity contribution < 1.29 is 0 Å². The molecule has 0 amide bonds. The van der Waals surface area contributed by atoms with Gasteiger partial charge in [0.25, 0.3) is 0 Å². The number of nitrogens with zero attached hydrogens (tertiary/aromatic N) is 2. The molecule has 24 heavy (non-hydrogen) atoms. The Hall–Kier alpha value is -2.35. The Morgan fingerprint density at radius 1 is 0.917 bits per heavy atom. The van der Waals surface area contributed by atoms with E-state index < -0.39 is 0 Å². The van der Waals surface area contributed by atoms with Gasteiger partial charge in [-0.05, 0) is 29.9 Å². The average Bonchev–Trinajstić information content (AvgIpc) is 3.08. The molecule has 3 aromatic rings. The van der Waals surface area contributed by atoms with Crippen molar-refractivity contribution >= 4 is 0 Å². The fraction of sp³-hybridized carbons (Fsp3) is 0.318. The monoisotopic (exact) mass is 318 g/mol. The first-order valence-corrected chi connectivity index (χ1v) is 8.95. The van der Waals surface area contributed by atoms with Crippen molar-refractivity contribution in [2.75, 3.05) is 0 Å². The maximum Gasteiger partial charge on any atom is 0.109 e. The molecule has 2 nitrogen and oxygen atoms in total. The van der Waals surface area contributed by atoms with Crippen molar-refractivity contribution in [1.29, 1.82) is 0 Å². The van der Waals surface area contributed by atoms with Crippen molar-refractivity contribution in [3.05, 3.63) is 90.0 Å². The smallest absolute Gasteiger partial charge is 0.109 e. The van der Waals surface area contributed by atoms with Crippen molar-refractivity contribution in [1.82, 2.24) is 9.55 Å². The van der Waals surface area contributed by atoms with E-state index in [1.165, 1.54) is 29.8 Å². The van der Waals surface area contributed by atoms with Crippen LogP contribution in [0.5, 0.6) is 0 Å². The third-order valence-electron chi connectivity index (χ3n) is 4.58. The summed E-state index contributed by atoms with van der Waals surface area (Å²) in [6.07, 6.45) is 8.51. The first-order valence-electron chi connectivity index (χ1n) is 8.95. The van der Waals surface area contributed by atoms with Gasteiger partial charge in [-0.1, -0.05) is 74.0 Å². The highest BCUT2D eigenvalue weighted by atomic mass is 15.1. The molecule has 0 fully saturated rings. The van der Waals surface area contributed by atoms with Gasteiger partial charge in [-0.15, -0.1) is 0 Å². The summed E-state index contributed by atoms with van der Waals surface area (Å²) in [4.78, 5) is 4.64. The zero-order chi connectivity index (χ0) is 16.6. The van der Waals surface area contributed by atoms with Crippen LogP contribution in [-0.2, 0) is 19.4 Å². The second kappa shape index (κ2) is 8.49. The summed E-state index contributed by atoms with van der Waals surface area (Å²) in [5, 5.41) is 0. The van der Waals surface area contributed by atoms with E-state index >= 15 is 0 Å². The maximum absolute atomic E-state index is 4.64. The Kier molecular flexibility index (Phi) is 5.84. The molecular weight excluding hydrogens is 292 g/mol. The van der Waals surface area contributed by atoms with E-state index in [2.05, 4.69) is 83.3 Å². The molecule has 1 atom stereocenters. The fourth-order valence-corrected chi connectivity index (χ4v) is 3.21. The summed E-state index contributed by atoms with van der Waals surface area (Å²) in [6.45, 7) is 3.30. The van der Waals surface area contributed by atoms with E-state index in [9.17, 15) is 0 Å². The Balaban J connectivity index is 1.81. The minimum Gasteiger partial charge on any atom is -0.335 e. The normalized spacial score (nSPS) is 12.2. The molecule has 2 heteroatoms. The van der Waals surface area contributed by atoms with E-state index in [0.29, 0.717) is 5.92 Å². The van der Waals surface area contributed by atoms with Gasteiger partial charge in [-0.25, -0.2) is 4.98 Å². The van der Waals surface area contributed by atoms with E-state index in [0.717, 1.165) is 19.4 Å². The van der Waals surface area contributed by atoms with Crippen molar-refractivity contribution in [3.63, 3.8) is 0 Å². The molecule has 2 aromatic carbocycles. The molecule has 3 rings (SSSR count). The van der Waals surface area contributed by atoms with Gasteiger partial charge in [0.05, 0.1) is 0 Å². The number of aryl methyl sites for hydroxylation is 1. The van der Waals surface area contributed by atoms with Gasteiger partial charge >= 0.3 is 0 Å². The van der Waals surface area contributed by atoms with Crippen LogP contribution in [0.25, 0.3) is 0 Å². The lowest BCUT2D eigenvalue weighted by Gasteiger charge is -2.18. The van der Waals surface area contributed by atoms with Gasteiger partial charge in [0.15, 0.2) is 0 Å². The van der Waals surface area contributed by atoms with Crippen molar-refractivity contribution in [3.8, 4) is 0 Å². The van der Waals surface area contributed by atoms with Crippen molar-refractivity contribution in [2.45, 2.75) is 45.1 Å². The SMILES string of the molecule is CCCCn1ccnc1CC(Cc1ccccc1)c1ccccc1. The van der Waals surface area contributed by atoms with Crippen LogP contribution < -0.4 is 0 Å². The lowest BCUT2D eigenvalue weighted by Crippen LogP contribution is -2.12. The van der Waals surface area contributed by atoms with Crippen LogP contribution in [0, 0.1) is 0 Å². The minimum absolute atomic E-state index is 0.455. The standard InChI is InChI=1S/C22H26N2/c1-2-3-15-24-16-14-23-22(24)18-21(20-12-8-5-9-13-20)17-19-10-6-4-7-11-19/h4-14,16,21H,2-3,15,17-18H2,1H3. The zero-order valence-corrected chi connectivity index (χ0v) is 14.4. The topological polar surface area (TPSA) is 17.8 Å². The molecule has 0 N–H and O–H groups in total. The summed E-state index contributed by atoms with van der Waals surface area (Å²) in [6, 6.07) is 21.6. The van der Waals surface area contributed by atoms with Crippen LogP contribution in [0.1, 0.15) is 42.6 Å². The molecule has 0 saturated carbocycles. The highest BCUT2D eigenvalue weighted by Crippen LogP contribution is 2.25. The number of unbranched alkanes of at least 4 members (excludes halogenated alkanes) is 1.